The molecule has 4 aromatic rings. The van der Waals surface area contributed by atoms with Gasteiger partial charge in [-0.1, -0.05) is 48.2 Å². The molecule has 2 nitrogen and oxygen atoms in total. The molecule has 0 aliphatic heterocycles. The number of rotatable bonds is 6. The summed E-state index contributed by atoms with van der Waals surface area (Å²) in [4.78, 5) is 0.231. The number of benzene rings is 4. The Morgan fingerprint density at radius 1 is 0.538 bits per heavy atom. The highest BCUT2D eigenvalue weighted by Crippen LogP contribution is 2.51. The standard InChI is InChI=1S/C28H18F8O2S/c1-37-19-11-5-13-21(23(19)15-7-3-9-17(29)25(15)27(31,32)33)39-22-14-6-12-20(38-2)24(22)16-8-4-10-18(30)26(16)28(34,35)36/h3-14H,1-2H3. The molecule has 0 radical (unpaired) electrons. The second-order valence-electron chi connectivity index (χ2n) is 8.09. The molecule has 4 rings (SSSR count). The molecule has 0 amide bonds. The summed E-state index contributed by atoms with van der Waals surface area (Å²) in [6, 6.07) is 14.3. The summed E-state index contributed by atoms with van der Waals surface area (Å²) in [6.07, 6.45) is -10.1. The topological polar surface area (TPSA) is 18.5 Å². The van der Waals surface area contributed by atoms with E-state index in [9.17, 15) is 35.1 Å². The van der Waals surface area contributed by atoms with Crippen LogP contribution >= 0.6 is 11.8 Å². The van der Waals surface area contributed by atoms with Crippen LogP contribution in [-0.4, -0.2) is 14.2 Å². The van der Waals surface area contributed by atoms with E-state index < -0.39 is 46.2 Å². The van der Waals surface area contributed by atoms with Gasteiger partial charge in [0.05, 0.1) is 25.3 Å². The summed E-state index contributed by atoms with van der Waals surface area (Å²) in [5.41, 5.74) is -4.33. The van der Waals surface area contributed by atoms with Crippen LogP contribution in [-0.2, 0) is 12.4 Å². The summed E-state index contributed by atoms with van der Waals surface area (Å²) in [5.74, 6) is -3.05. The molecule has 0 unspecified atom stereocenters. The lowest BCUT2D eigenvalue weighted by atomic mass is 9.97. The Balaban J connectivity index is 2.00. The first-order valence-corrected chi connectivity index (χ1v) is 11.9. The molecule has 0 saturated carbocycles. The molecule has 0 atom stereocenters. The van der Waals surface area contributed by atoms with Crippen molar-refractivity contribution < 1.29 is 44.6 Å². The monoisotopic (exact) mass is 570 g/mol. The van der Waals surface area contributed by atoms with Crippen molar-refractivity contribution in [1.29, 1.82) is 0 Å². The summed E-state index contributed by atoms with van der Waals surface area (Å²) in [5, 5.41) is 0. The van der Waals surface area contributed by atoms with Crippen molar-refractivity contribution >= 4 is 11.8 Å². The summed E-state index contributed by atoms with van der Waals surface area (Å²) in [7, 11) is 2.44. The second-order valence-corrected chi connectivity index (χ2v) is 9.17. The molecule has 4 aromatic carbocycles. The van der Waals surface area contributed by atoms with E-state index in [1.165, 1.54) is 50.6 Å². The van der Waals surface area contributed by atoms with Crippen molar-refractivity contribution in [2.24, 2.45) is 0 Å². The van der Waals surface area contributed by atoms with Crippen LogP contribution < -0.4 is 9.47 Å². The fourth-order valence-corrected chi connectivity index (χ4v) is 5.38. The zero-order chi connectivity index (χ0) is 28.5. The molecular formula is C28H18F8O2S. The van der Waals surface area contributed by atoms with Crippen LogP contribution in [0.2, 0.25) is 0 Å². The highest BCUT2D eigenvalue weighted by Gasteiger charge is 2.39. The van der Waals surface area contributed by atoms with E-state index in [0.717, 1.165) is 36.0 Å². The largest absolute Gasteiger partial charge is 0.496 e. The first kappa shape index (κ1) is 28.3. The molecule has 0 saturated heterocycles. The Bertz CT molecular complexity index is 1400. The van der Waals surface area contributed by atoms with Crippen molar-refractivity contribution in [1.82, 2.24) is 0 Å². The van der Waals surface area contributed by atoms with E-state index in [2.05, 4.69) is 0 Å². The van der Waals surface area contributed by atoms with Crippen molar-refractivity contribution in [3.8, 4) is 33.8 Å². The highest BCUT2D eigenvalue weighted by atomic mass is 32.2. The lowest BCUT2D eigenvalue weighted by Gasteiger charge is -2.21. The molecule has 0 aliphatic carbocycles. The molecule has 0 bridgehead atoms. The van der Waals surface area contributed by atoms with Crippen LogP contribution in [0.5, 0.6) is 11.5 Å². The van der Waals surface area contributed by atoms with Gasteiger partial charge < -0.3 is 9.47 Å². The normalized spacial score (nSPS) is 11.9. The molecule has 204 valence electrons. The van der Waals surface area contributed by atoms with Gasteiger partial charge >= 0.3 is 12.4 Å². The van der Waals surface area contributed by atoms with Gasteiger partial charge in [-0.25, -0.2) is 8.78 Å². The Labute approximate surface area is 222 Å². The highest BCUT2D eigenvalue weighted by molar-refractivity contribution is 7.99. The number of alkyl halides is 6. The predicted octanol–water partition coefficient (Wildman–Crippen LogP) is 9.50. The molecule has 0 N–H and O–H groups in total. The van der Waals surface area contributed by atoms with E-state index in [-0.39, 0.29) is 32.4 Å². The van der Waals surface area contributed by atoms with Gasteiger partial charge in [0.25, 0.3) is 0 Å². The van der Waals surface area contributed by atoms with Crippen molar-refractivity contribution in [2.45, 2.75) is 22.1 Å². The number of halogens is 8. The maximum Gasteiger partial charge on any atom is 0.419 e. The minimum atomic E-state index is -5.06. The third-order valence-corrected chi connectivity index (χ3v) is 6.89. The molecular weight excluding hydrogens is 552 g/mol. The zero-order valence-corrected chi connectivity index (χ0v) is 21.0. The van der Waals surface area contributed by atoms with Gasteiger partial charge in [-0.3, -0.25) is 0 Å². The maximum absolute atomic E-state index is 14.5. The molecule has 0 aliphatic rings. The van der Waals surface area contributed by atoms with Crippen LogP contribution in [0.1, 0.15) is 11.1 Å². The van der Waals surface area contributed by atoms with E-state index in [1.807, 2.05) is 0 Å². The SMILES string of the molecule is COc1cccc(Sc2cccc(OC)c2-c2cccc(F)c2C(F)(F)F)c1-c1cccc(F)c1C(F)(F)F. The smallest absolute Gasteiger partial charge is 0.419 e. The van der Waals surface area contributed by atoms with Crippen LogP contribution in [0.4, 0.5) is 35.1 Å². The molecule has 0 spiro atoms. The second kappa shape index (κ2) is 10.8. The number of hydrogen-bond donors (Lipinski definition) is 0. The van der Waals surface area contributed by atoms with Crippen LogP contribution in [0.3, 0.4) is 0 Å². The Morgan fingerprint density at radius 2 is 0.897 bits per heavy atom. The quantitative estimate of drug-likeness (QED) is 0.215. The molecule has 0 fully saturated rings. The van der Waals surface area contributed by atoms with E-state index >= 15 is 0 Å². The summed E-state index contributed by atoms with van der Waals surface area (Å²) >= 11 is 0.800. The van der Waals surface area contributed by atoms with Gasteiger partial charge in [-0.05, 0) is 36.4 Å². The first-order valence-electron chi connectivity index (χ1n) is 11.1. The third kappa shape index (κ3) is 5.54. The van der Waals surface area contributed by atoms with E-state index in [0.29, 0.717) is 12.1 Å². The van der Waals surface area contributed by atoms with Crippen molar-refractivity contribution in [2.75, 3.05) is 14.2 Å². The molecule has 11 heteroatoms. The number of hydrogen-bond acceptors (Lipinski definition) is 3. The van der Waals surface area contributed by atoms with E-state index in [4.69, 9.17) is 9.47 Å². The fourth-order valence-electron chi connectivity index (χ4n) is 4.22. The van der Waals surface area contributed by atoms with Gasteiger partial charge in [0.15, 0.2) is 0 Å². The fraction of sp³-hybridized carbons (Fsp3) is 0.143. The van der Waals surface area contributed by atoms with Gasteiger partial charge in [0.2, 0.25) is 0 Å². The van der Waals surface area contributed by atoms with E-state index in [1.54, 1.807) is 0 Å². The summed E-state index contributed by atoms with van der Waals surface area (Å²) in [6.45, 7) is 0. The average Bonchev–Trinajstić information content (AvgIpc) is 2.86. The Morgan fingerprint density at radius 3 is 1.23 bits per heavy atom. The third-order valence-electron chi connectivity index (χ3n) is 5.77. The van der Waals surface area contributed by atoms with Gasteiger partial charge in [0, 0.05) is 32.0 Å². The average molecular weight is 571 g/mol. The van der Waals surface area contributed by atoms with Crippen LogP contribution in [0.25, 0.3) is 22.3 Å². The van der Waals surface area contributed by atoms with Gasteiger partial charge in [0.1, 0.15) is 23.1 Å². The minimum absolute atomic E-state index is 0.0257. The zero-order valence-electron chi connectivity index (χ0n) is 20.2. The lowest BCUT2D eigenvalue weighted by Crippen LogP contribution is -2.11. The van der Waals surface area contributed by atoms with Crippen LogP contribution in [0.15, 0.2) is 82.6 Å². The summed E-state index contributed by atoms with van der Waals surface area (Å²) < 4.78 is 123. The van der Waals surface area contributed by atoms with Crippen molar-refractivity contribution in [3.05, 3.63) is 95.6 Å². The number of methoxy groups -OCH3 is 2. The lowest BCUT2D eigenvalue weighted by molar-refractivity contribution is -0.140. The molecule has 0 heterocycles. The Hall–Kier alpha value is -3.73. The van der Waals surface area contributed by atoms with Crippen molar-refractivity contribution in [3.63, 3.8) is 0 Å². The predicted molar refractivity (Wildman–Crippen MR) is 131 cm³/mol. The van der Waals surface area contributed by atoms with Crippen LogP contribution in [0, 0.1) is 11.6 Å². The minimum Gasteiger partial charge on any atom is -0.496 e. The Kier molecular flexibility index (Phi) is 7.83. The first-order chi connectivity index (χ1) is 18.4. The van der Waals surface area contributed by atoms with Gasteiger partial charge in [-0.15, -0.1) is 0 Å². The molecule has 0 aromatic heterocycles. The maximum atomic E-state index is 14.5. The number of ether oxygens (including phenoxy) is 2. The van der Waals surface area contributed by atoms with Gasteiger partial charge in [-0.2, -0.15) is 26.3 Å². The molecule has 39 heavy (non-hydrogen) atoms.